The number of anilines is 4. The van der Waals surface area contributed by atoms with Gasteiger partial charge in [-0.3, -0.25) is 9.59 Å². The second-order valence-electron chi connectivity index (χ2n) is 9.47. The number of hydrogen-bond acceptors (Lipinski definition) is 7. The van der Waals surface area contributed by atoms with Crippen molar-refractivity contribution in [3.05, 3.63) is 83.3 Å². The molecule has 0 saturated heterocycles. The van der Waals surface area contributed by atoms with Crippen molar-refractivity contribution in [2.75, 3.05) is 23.0 Å². The number of nitrogens with two attached hydrogens (primary N) is 1. The van der Waals surface area contributed by atoms with Gasteiger partial charge >= 0.3 is 6.18 Å². The van der Waals surface area contributed by atoms with E-state index in [1.165, 1.54) is 23.1 Å². The average molecular weight is 551 g/mol. The molecule has 0 radical (unpaired) electrons. The van der Waals surface area contributed by atoms with E-state index in [9.17, 15) is 22.8 Å². The van der Waals surface area contributed by atoms with Crippen LogP contribution in [-0.2, 0) is 16.4 Å². The van der Waals surface area contributed by atoms with E-state index in [0.717, 1.165) is 17.7 Å². The number of aromatic nitrogens is 4. The zero-order valence-corrected chi connectivity index (χ0v) is 21.5. The lowest BCUT2D eigenvalue weighted by Crippen LogP contribution is -2.28. The van der Waals surface area contributed by atoms with Crippen LogP contribution < -0.4 is 21.7 Å². The van der Waals surface area contributed by atoms with Crippen LogP contribution in [-0.4, -0.2) is 38.6 Å². The van der Waals surface area contributed by atoms with Crippen molar-refractivity contribution < 1.29 is 22.8 Å². The molecule has 1 saturated carbocycles. The molecule has 2 amide bonds. The van der Waals surface area contributed by atoms with Gasteiger partial charge < -0.3 is 21.7 Å². The lowest BCUT2D eigenvalue weighted by Gasteiger charge is -2.14. The summed E-state index contributed by atoms with van der Waals surface area (Å²) in [5.41, 5.74) is 6.05. The van der Waals surface area contributed by atoms with E-state index >= 15 is 0 Å². The number of primary amides is 1. The van der Waals surface area contributed by atoms with Gasteiger partial charge in [0.1, 0.15) is 18.0 Å². The Bertz CT molecular complexity index is 1610. The number of halogens is 3. The molecular weight excluding hydrogens is 525 g/mol. The monoisotopic (exact) mass is 550 g/mol. The van der Waals surface area contributed by atoms with Gasteiger partial charge in [-0.25, -0.2) is 9.97 Å². The van der Waals surface area contributed by atoms with Crippen LogP contribution in [0.4, 0.5) is 36.2 Å². The van der Waals surface area contributed by atoms with Crippen molar-refractivity contribution in [2.24, 2.45) is 5.73 Å². The van der Waals surface area contributed by atoms with Gasteiger partial charge in [-0.2, -0.15) is 23.0 Å². The number of carbonyl (C=O) groups excluding carboxylic acids is 2. The molecule has 1 aliphatic carbocycles. The Balaban J connectivity index is 1.47. The highest BCUT2D eigenvalue weighted by molar-refractivity contribution is 6.04. The number of nitrogens with one attached hydrogen (secondary N) is 3. The largest absolute Gasteiger partial charge is 0.416 e. The van der Waals surface area contributed by atoms with Gasteiger partial charge in [0.25, 0.3) is 5.91 Å². The van der Waals surface area contributed by atoms with E-state index < -0.39 is 29.0 Å². The molecule has 0 bridgehead atoms. The molecule has 0 unspecified atom stereocenters. The molecule has 206 valence electrons. The molecule has 40 heavy (non-hydrogen) atoms. The highest BCUT2D eigenvalue weighted by Crippen LogP contribution is 2.48. The van der Waals surface area contributed by atoms with Gasteiger partial charge in [0, 0.05) is 36.1 Å². The smallest absolute Gasteiger partial charge is 0.373 e. The van der Waals surface area contributed by atoms with Gasteiger partial charge in [-0.05, 0) is 55.7 Å². The van der Waals surface area contributed by atoms with Crippen LogP contribution >= 0.6 is 0 Å². The SMILES string of the molecule is CNc1cc(-n2nc(C3(C(N)=O)CC3)cc2Nc2cc(NC(=O)c3cccc(C(F)(F)F)c3)ccc2C)ncn1. The summed E-state index contributed by atoms with van der Waals surface area (Å²) in [5.74, 6) is 0.316. The second kappa shape index (κ2) is 9.98. The van der Waals surface area contributed by atoms with E-state index in [1.54, 1.807) is 37.4 Å². The van der Waals surface area contributed by atoms with Gasteiger partial charge in [0.15, 0.2) is 5.82 Å². The number of benzene rings is 2. The first-order chi connectivity index (χ1) is 19.0. The lowest BCUT2D eigenvalue weighted by atomic mass is 10.0. The first kappa shape index (κ1) is 26.7. The predicted molar refractivity (Wildman–Crippen MR) is 143 cm³/mol. The predicted octanol–water partition coefficient (Wildman–Crippen LogP) is 4.54. The zero-order chi connectivity index (χ0) is 28.7. The maximum Gasteiger partial charge on any atom is 0.416 e. The Morgan fingerprint density at radius 2 is 1.82 bits per heavy atom. The third kappa shape index (κ3) is 5.17. The topological polar surface area (TPSA) is 140 Å². The van der Waals surface area contributed by atoms with Crippen LogP contribution in [0.2, 0.25) is 0 Å². The Kier molecular flexibility index (Phi) is 6.65. The molecule has 0 atom stereocenters. The number of alkyl halides is 3. The summed E-state index contributed by atoms with van der Waals surface area (Å²) in [6.07, 6.45) is -2.02. The molecule has 2 aromatic heterocycles. The summed E-state index contributed by atoms with van der Waals surface area (Å²) in [4.78, 5) is 33.4. The zero-order valence-electron chi connectivity index (χ0n) is 21.5. The molecule has 5 rings (SSSR count). The third-order valence-corrected chi connectivity index (χ3v) is 6.76. The number of nitrogens with zero attached hydrogens (tertiary/aromatic N) is 4. The third-order valence-electron chi connectivity index (χ3n) is 6.76. The van der Waals surface area contributed by atoms with Crippen LogP contribution in [0, 0.1) is 6.92 Å². The first-order valence-corrected chi connectivity index (χ1v) is 12.3. The Morgan fingerprint density at radius 1 is 1.05 bits per heavy atom. The van der Waals surface area contributed by atoms with Crippen LogP contribution in [0.5, 0.6) is 0 Å². The Labute approximate surface area is 226 Å². The molecule has 13 heteroatoms. The number of aryl methyl sites for hydroxylation is 1. The molecule has 1 fully saturated rings. The standard InChI is InChI=1S/C27H25F3N8O2/c1-15-6-7-18(35-24(39)16-4-3-5-17(10-16)27(28,29)30)11-19(15)36-23-12-20(26(8-9-26)25(31)40)37-38(23)22-13-21(32-2)33-14-34-22/h3-7,10-14,36H,8-9H2,1-2H3,(H2,31,40)(H,35,39)(H,32,33,34). The normalized spacial score (nSPS) is 13.9. The van der Waals surface area contributed by atoms with Crippen LogP contribution in [0.15, 0.2) is 60.9 Å². The highest BCUT2D eigenvalue weighted by Gasteiger charge is 2.52. The van der Waals surface area contributed by atoms with Crippen LogP contribution in [0.1, 0.15) is 40.0 Å². The highest BCUT2D eigenvalue weighted by atomic mass is 19.4. The summed E-state index contributed by atoms with van der Waals surface area (Å²) >= 11 is 0. The van der Waals surface area contributed by atoms with Gasteiger partial charge in [-0.1, -0.05) is 12.1 Å². The minimum atomic E-state index is -4.57. The average Bonchev–Trinajstić information content (AvgIpc) is 3.65. The first-order valence-electron chi connectivity index (χ1n) is 12.3. The number of rotatable bonds is 8. The summed E-state index contributed by atoms with van der Waals surface area (Å²) < 4.78 is 40.8. The van der Waals surface area contributed by atoms with E-state index in [4.69, 9.17) is 5.73 Å². The summed E-state index contributed by atoms with van der Waals surface area (Å²) in [6, 6.07) is 12.7. The van der Waals surface area contributed by atoms with Crippen molar-refractivity contribution in [2.45, 2.75) is 31.4 Å². The molecule has 4 aromatic rings. The molecule has 2 aromatic carbocycles. The number of hydrogen-bond donors (Lipinski definition) is 4. The molecule has 10 nitrogen and oxygen atoms in total. The van der Waals surface area contributed by atoms with E-state index in [0.29, 0.717) is 47.4 Å². The molecule has 0 aliphatic heterocycles. The fraction of sp³-hybridized carbons (Fsp3) is 0.222. The fourth-order valence-electron chi connectivity index (χ4n) is 4.24. The Hall–Kier alpha value is -4.94. The van der Waals surface area contributed by atoms with Gasteiger partial charge in [-0.15, -0.1) is 0 Å². The minimum absolute atomic E-state index is 0.127. The second-order valence-corrected chi connectivity index (χ2v) is 9.47. The maximum atomic E-state index is 13.1. The summed E-state index contributed by atoms with van der Waals surface area (Å²) in [6.45, 7) is 1.85. The van der Waals surface area contributed by atoms with Crippen molar-refractivity contribution in [1.29, 1.82) is 0 Å². The number of carbonyl (C=O) groups is 2. The summed E-state index contributed by atoms with van der Waals surface area (Å²) in [5, 5.41) is 13.5. The Morgan fingerprint density at radius 3 is 2.50 bits per heavy atom. The fourth-order valence-corrected chi connectivity index (χ4v) is 4.24. The molecule has 0 spiro atoms. The molecular formula is C27H25F3N8O2. The maximum absolute atomic E-state index is 13.1. The van der Waals surface area contributed by atoms with E-state index in [-0.39, 0.29) is 5.56 Å². The van der Waals surface area contributed by atoms with E-state index in [2.05, 4.69) is 31.0 Å². The van der Waals surface area contributed by atoms with Gasteiger partial charge in [0.2, 0.25) is 5.91 Å². The van der Waals surface area contributed by atoms with Crippen molar-refractivity contribution in [3.8, 4) is 5.82 Å². The van der Waals surface area contributed by atoms with Crippen molar-refractivity contribution >= 4 is 34.8 Å². The van der Waals surface area contributed by atoms with Gasteiger partial charge in [0.05, 0.1) is 16.7 Å². The van der Waals surface area contributed by atoms with Crippen molar-refractivity contribution in [1.82, 2.24) is 19.7 Å². The quantitative estimate of drug-likeness (QED) is 0.252. The van der Waals surface area contributed by atoms with E-state index in [1.807, 2.05) is 6.92 Å². The van der Waals surface area contributed by atoms with Crippen LogP contribution in [0.3, 0.4) is 0 Å². The minimum Gasteiger partial charge on any atom is -0.373 e. The molecule has 1 aliphatic rings. The summed E-state index contributed by atoms with van der Waals surface area (Å²) in [7, 11) is 1.72. The lowest BCUT2D eigenvalue weighted by molar-refractivity contribution is -0.137. The molecule has 2 heterocycles. The van der Waals surface area contributed by atoms with Crippen LogP contribution in [0.25, 0.3) is 5.82 Å². The number of amides is 2. The van der Waals surface area contributed by atoms with Crippen molar-refractivity contribution in [3.63, 3.8) is 0 Å². The molecule has 5 N–H and O–H groups in total.